The summed E-state index contributed by atoms with van der Waals surface area (Å²) in [5.41, 5.74) is 5.11. The van der Waals surface area contributed by atoms with Crippen LogP contribution in [-0.2, 0) is 11.3 Å². The van der Waals surface area contributed by atoms with Gasteiger partial charge in [-0.25, -0.2) is 0 Å². The fourth-order valence-electron chi connectivity index (χ4n) is 4.51. The third-order valence-electron chi connectivity index (χ3n) is 6.83. The second-order valence-corrected chi connectivity index (χ2v) is 9.85. The van der Waals surface area contributed by atoms with Crippen molar-refractivity contribution in [3.8, 4) is 0 Å². The highest BCUT2D eigenvalue weighted by Gasteiger charge is 2.17. The number of thiocarbonyl (C=S) groups is 1. The van der Waals surface area contributed by atoms with Gasteiger partial charge in [-0.05, 0) is 79.7 Å². The van der Waals surface area contributed by atoms with Gasteiger partial charge in [0.25, 0.3) is 5.56 Å². The fraction of sp³-hybridized carbons (Fsp3) is 0.429. The van der Waals surface area contributed by atoms with E-state index in [9.17, 15) is 4.79 Å². The van der Waals surface area contributed by atoms with Gasteiger partial charge >= 0.3 is 0 Å². The number of benzene rings is 2. The molecule has 0 aliphatic carbocycles. The molecule has 0 spiro atoms. The fourth-order valence-corrected chi connectivity index (χ4v) is 4.84. The van der Waals surface area contributed by atoms with E-state index >= 15 is 0 Å². The number of hydrogen-bond donors (Lipinski definition) is 2. The van der Waals surface area contributed by atoms with Gasteiger partial charge in [-0.1, -0.05) is 30.3 Å². The lowest BCUT2D eigenvalue weighted by Gasteiger charge is -2.30. The number of ether oxygens (including phenoxy) is 1. The first-order valence-corrected chi connectivity index (χ1v) is 12.8. The van der Waals surface area contributed by atoms with E-state index < -0.39 is 0 Å². The average Bonchev–Trinajstić information content (AvgIpc) is 2.86. The van der Waals surface area contributed by atoms with Crippen molar-refractivity contribution < 1.29 is 4.74 Å². The minimum absolute atomic E-state index is 0.0576. The van der Waals surface area contributed by atoms with E-state index in [0.717, 1.165) is 62.3 Å². The van der Waals surface area contributed by atoms with Gasteiger partial charge in [-0.15, -0.1) is 0 Å². The number of aromatic amines is 1. The molecule has 186 valence electrons. The lowest BCUT2D eigenvalue weighted by Crippen LogP contribution is -2.43. The molecule has 1 unspecified atom stereocenters. The highest BCUT2D eigenvalue weighted by atomic mass is 32.1. The number of hydrogen-bond acceptors (Lipinski definition) is 4. The predicted molar refractivity (Wildman–Crippen MR) is 147 cm³/mol. The van der Waals surface area contributed by atoms with Gasteiger partial charge in [-0.2, -0.15) is 0 Å². The molecule has 1 aliphatic rings. The van der Waals surface area contributed by atoms with E-state index in [0.29, 0.717) is 11.7 Å². The number of fused-ring (bicyclic) bond motifs is 1. The standard InChI is InChI=1S/C28H36N4O2S/c1-20-16-24-18-25(27(33)30-26(24)17-21(20)2)19-32(11-7-10-31-12-14-34-15-13-31)28(35)29-22(3)23-8-5-4-6-9-23/h4-6,8-9,16-18,22H,7,10-15,19H2,1-3H3,(H,29,35)(H,30,33). The number of pyridine rings is 1. The average molecular weight is 493 g/mol. The van der Waals surface area contributed by atoms with Crippen molar-refractivity contribution in [2.24, 2.45) is 0 Å². The zero-order valence-corrected chi connectivity index (χ0v) is 21.8. The molecule has 0 radical (unpaired) electrons. The van der Waals surface area contributed by atoms with Crippen LogP contribution in [0.25, 0.3) is 10.9 Å². The molecule has 1 aliphatic heterocycles. The van der Waals surface area contributed by atoms with Crippen molar-refractivity contribution in [1.29, 1.82) is 0 Å². The predicted octanol–water partition coefficient (Wildman–Crippen LogP) is 4.30. The SMILES string of the molecule is Cc1cc2cc(CN(CCCN3CCOCC3)C(=S)NC(C)c3ccccc3)c(=O)[nH]c2cc1C. The van der Waals surface area contributed by atoms with E-state index in [2.05, 4.69) is 59.1 Å². The summed E-state index contributed by atoms with van der Waals surface area (Å²) < 4.78 is 5.47. The van der Waals surface area contributed by atoms with Crippen LogP contribution in [0.4, 0.5) is 0 Å². The van der Waals surface area contributed by atoms with Crippen molar-refractivity contribution in [3.05, 3.63) is 81.1 Å². The second kappa shape index (κ2) is 11.8. The molecule has 2 aromatic carbocycles. The Morgan fingerprint density at radius 3 is 2.60 bits per heavy atom. The summed E-state index contributed by atoms with van der Waals surface area (Å²) in [5, 5.41) is 5.21. The number of nitrogens with zero attached hydrogens (tertiary/aromatic N) is 2. The first kappa shape index (κ1) is 25.4. The first-order chi connectivity index (χ1) is 16.9. The summed E-state index contributed by atoms with van der Waals surface area (Å²) in [7, 11) is 0. The maximum absolute atomic E-state index is 13.0. The number of H-pyrrole nitrogens is 1. The zero-order valence-electron chi connectivity index (χ0n) is 21.0. The molecule has 4 rings (SSSR count). The normalized spacial score (nSPS) is 15.2. The molecular weight excluding hydrogens is 456 g/mol. The quantitative estimate of drug-likeness (QED) is 0.457. The van der Waals surface area contributed by atoms with Crippen LogP contribution < -0.4 is 10.9 Å². The highest BCUT2D eigenvalue weighted by molar-refractivity contribution is 7.80. The summed E-state index contributed by atoms with van der Waals surface area (Å²) in [5.74, 6) is 0. The second-order valence-electron chi connectivity index (χ2n) is 9.46. The minimum Gasteiger partial charge on any atom is -0.379 e. The van der Waals surface area contributed by atoms with Crippen LogP contribution >= 0.6 is 12.2 Å². The molecular formula is C28H36N4O2S. The molecule has 0 amide bonds. The van der Waals surface area contributed by atoms with Crippen LogP contribution in [0.2, 0.25) is 0 Å². The Bertz CT molecular complexity index is 1200. The largest absolute Gasteiger partial charge is 0.379 e. The lowest BCUT2D eigenvalue weighted by molar-refractivity contribution is 0.0367. The van der Waals surface area contributed by atoms with Crippen LogP contribution in [0, 0.1) is 13.8 Å². The van der Waals surface area contributed by atoms with Gasteiger partial charge in [-0.3, -0.25) is 9.69 Å². The Balaban J connectivity index is 1.51. The Morgan fingerprint density at radius 2 is 1.86 bits per heavy atom. The van der Waals surface area contributed by atoms with Crippen LogP contribution in [0.3, 0.4) is 0 Å². The minimum atomic E-state index is -0.0576. The number of nitrogens with one attached hydrogen (secondary N) is 2. The smallest absolute Gasteiger partial charge is 0.253 e. The summed E-state index contributed by atoms with van der Waals surface area (Å²) in [6, 6.07) is 16.6. The number of aromatic nitrogens is 1. The van der Waals surface area contributed by atoms with E-state index in [1.807, 2.05) is 30.3 Å². The van der Waals surface area contributed by atoms with Gasteiger partial charge in [0, 0.05) is 37.3 Å². The molecule has 0 bridgehead atoms. The van der Waals surface area contributed by atoms with Gasteiger partial charge in [0.2, 0.25) is 0 Å². The molecule has 0 saturated carbocycles. The van der Waals surface area contributed by atoms with Crippen LogP contribution in [0.15, 0.2) is 53.3 Å². The van der Waals surface area contributed by atoms with Crippen LogP contribution in [0.5, 0.6) is 0 Å². The Morgan fingerprint density at radius 1 is 1.14 bits per heavy atom. The summed E-state index contributed by atoms with van der Waals surface area (Å²) in [6.07, 6.45) is 0.964. The first-order valence-electron chi connectivity index (χ1n) is 12.4. The van der Waals surface area contributed by atoms with Crippen LogP contribution in [0.1, 0.15) is 41.6 Å². The van der Waals surface area contributed by atoms with E-state index in [4.69, 9.17) is 17.0 Å². The lowest BCUT2D eigenvalue weighted by atomic mass is 10.0. The molecule has 1 atom stereocenters. The molecule has 35 heavy (non-hydrogen) atoms. The maximum Gasteiger partial charge on any atom is 0.253 e. The zero-order chi connectivity index (χ0) is 24.8. The summed E-state index contributed by atoms with van der Waals surface area (Å²) in [6.45, 7) is 12.0. The molecule has 2 N–H and O–H groups in total. The number of rotatable bonds is 8. The number of morpholine rings is 1. The van der Waals surface area contributed by atoms with Crippen molar-refractivity contribution in [2.75, 3.05) is 39.4 Å². The topological polar surface area (TPSA) is 60.6 Å². The van der Waals surface area contributed by atoms with Crippen molar-refractivity contribution >= 4 is 28.2 Å². The highest BCUT2D eigenvalue weighted by Crippen LogP contribution is 2.18. The summed E-state index contributed by atoms with van der Waals surface area (Å²) >= 11 is 5.87. The molecule has 6 nitrogen and oxygen atoms in total. The molecule has 2 heterocycles. The maximum atomic E-state index is 13.0. The third-order valence-corrected chi connectivity index (χ3v) is 7.21. The Hall–Kier alpha value is -2.74. The van der Waals surface area contributed by atoms with E-state index in [1.165, 1.54) is 16.7 Å². The van der Waals surface area contributed by atoms with Crippen LogP contribution in [-0.4, -0.2) is 59.3 Å². The van der Waals surface area contributed by atoms with E-state index in [1.54, 1.807) is 0 Å². The summed E-state index contributed by atoms with van der Waals surface area (Å²) in [4.78, 5) is 20.6. The Kier molecular flexibility index (Phi) is 8.55. The van der Waals surface area contributed by atoms with Gasteiger partial charge < -0.3 is 19.9 Å². The molecule has 1 aromatic heterocycles. The van der Waals surface area contributed by atoms with Crippen molar-refractivity contribution in [2.45, 2.75) is 39.8 Å². The van der Waals surface area contributed by atoms with Crippen molar-refractivity contribution in [3.63, 3.8) is 0 Å². The monoisotopic (exact) mass is 492 g/mol. The third kappa shape index (κ3) is 6.69. The number of aryl methyl sites for hydroxylation is 2. The molecule has 1 fully saturated rings. The van der Waals surface area contributed by atoms with Gasteiger partial charge in [0.05, 0.1) is 25.8 Å². The Labute approximate surface area is 213 Å². The molecule has 7 heteroatoms. The molecule has 3 aromatic rings. The van der Waals surface area contributed by atoms with E-state index in [-0.39, 0.29) is 11.6 Å². The molecule has 1 saturated heterocycles. The van der Waals surface area contributed by atoms with Crippen molar-refractivity contribution in [1.82, 2.24) is 20.1 Å². The van der Waals surface area contributed by atoms with Gasteiger partial charge in [0.15, 0.2) is 5.11 Å². The van der Waals surface area contributed by atoms with Gasteiger partial charge in [0.1, 0.15) is 0 Å².